The number of nitrogens with one attached hydrogen (secondary N) is 1. The fourth-order valence-corrected chi connectivity index (χ4v) is 1.83. The highest BCUT2D eigenvalue weighted by Gasteiger charge is 2.31. The molecule has 1 aromatic carbocycles. The van der Waals surface area contributed by atoms with Crippen molar-refractivity contribution in [3.63, 3.8) is 0 Å². The molecule has 0 fully saturated rings. The first-order valence-corrected chi connectivity index (χ1v) is 6.98. The predicted octanol–water partition coefficient (Wildman–Crippen LogP) is 4.14. The summed E-state index contributed by atoms with van der Waals surface area (Å²) < 4.78 is 43.9. The zero-order valence-corrected chi connectivity index (χ0v) is 12.4. The van der Waals surface area contributed by atoms with E-state index in [1.807, 2.05) is 6.92 Å². The zero-order chi connectivity index (χ0) is 16.9. The zero-order valence-electron chi connectivity index (χ0n) is 12.4. The van der Waals surface area contributed by atoms with E-state index in [4.69, 9.17) is 4.74 Å². The normalized spacial score (nSPS) is 11.1. The molecule has 0 saturated carbocycles. The molecule has 1 heterocycles. The SMILES string of the molecule is CCCOc1ccc(C(F)(F)F)cc1NC(=O)c1ccccn1. The molecule has 0 aliphatic heterocycles. The third kappa shape index (κ3) is 4.45. The van der Waals surface area contributed by atoms with Crippen LogP contribution < -0.4 is 10.1 Å². The summed E-state index contributed by atoms with van der Waals surface area (Å²) in [5, 5.41) is 2.42. The maximum Gasteiger partial charge on any atom is 0.416 e. The number of halogens is 3. The van der Waals surface area contributed by atoms with Gasteiger partial charge in [-0.15, -0.1) is 0 Å². The Bertz CT molecular complexity index is 673. The average molecular weight is 324 g/mol. The van der Waals surface area contributed by atoms with Crippen LogP contribution in [0.3, 0.4) is 0 Å². The second-order valence-electron chi connectivity index (χ2n) is 4.73. The van der Waals surface area contributed by atoms with Crippen LogP contribution in [0.25, 0.3) is 0 Å². The molecule has 2 rings (SSSR count). The lowest BCUT2D eigenvalue weighted by molar-refractivity contribution is -0.137. The number of aromatic nitrogens is 1. The number of nitrogens with zero attached hydrogens (tertiary/aromatic N) is 1. The summed E-state index contributed by atoms with van der Waals surface area (Å²) in [6, 6.07) is 7.69. The lowest BCUT2D eigenvalue weighted by Gasteiger charge is -2.15. The standard InChI is InChI=1S/C16H15F3N2O2/c1-2-9-23-14-7-6-11(16(17,18)19)10-13(14)21-15(22)12-5-3-4-8-20-12/h3-8,10H,2,9H2,1H3,(H,21,22). The van der Waals surface area contributed by atoms with Gasteiger partial charge in [0.2, 0.25) is 0 Å². The highest BCUT2D eigenvalue weighted by atomic mass is 19.4. The van der Waals surface area contributed by atoms with Crippen molar-refractivity contribution in [2.24, 2.45) is 0 Å². The highest BCUT2D eigenvalue weighted by molar-refractivity contribution is 6.03. The summed E-state index contributed by atoms with van der Waals surface area (Å²) >= 11 is 0. The molecule has 23 heavy (non-hydrogen) atoms. The van der Waals surface area contributed by atoms with E-state index in [0.717, 1.165) is 12.1 Å². The van der Waals surface area contributed by atoms with Crippen molar-refractivity contribution in [3.05, 3.63) is 53.9 Å². The number of carbonyl (C=O) groups is 1. The van der Waals surface area contributed by atoms with Crippen molar-refractivity contribution in [1.29, 1.82) is 0 Å². The molecular formula is C16H15F3N2O2. The van der Waals surface area contributed by atoms with E-state index in [1.54, 1.807) is 12.1 Å². The van der Waals surface area contributed by atoms with Crippen molar-refractivity contribution in [2.75, 3.05) is 11.9 Å². The average Bonchev–Trinajstić information content (AvgIpc) is 2.53. The Morgan fingerprint density at radius 3 is 2.65 bits per heavy atom. The third-order valence-corrected chi connectivity index (χ3v) is 2.91. The second kappa shape index (κ2) is 7.13. The van der Waals surface area contributed by atoms with Crippen molar-refractivity contribution >= 4 is 11.6 Å². The van der Waals surface area contributed by atoms with E-state index in [-0.39, 0.29) is 17.1 Å². The molecule has 1 N–H and O–H groups in total. The molecule has 4 nitrogen and oxygen atoms in total. The number of alkyl halides is 3. The van der Waals surface area contributed by atoms with Crippen LogP contribution in [0.1, 0.15) is 29.4 Å². The number of anilines is 1. The molecule has 0 spiro atoms. The summed E-state index contributed by atoms with van der Waals surface area (Å²) in [6.07, 6.45) is -2.39. The predicted molar refractivity (Wildman–Crippen MR) is 79.4 cm³/mol. The Labute approximate surface area is 131 Å². The van der Waals surface area contributed by atoms with Gasteiger partial charge in [-0.1, -0.05) is 13.0 Å². The molecule has 1 aromatic heterocycles. The molecule has 0 aliphatic rings. The van der Waals surface area contributed by atoms with E-state index < -0.39 is 17.6 Å². The van der Waals surface area contributed by atoms with Crippen LogP contribution in [0.4, 0.5) is 18.9 Å². The first-order chi connectivity index (χ1) is 10.9. The van der Waals surface area contributed by atoms with Crippen LogP contribution in [-0.4, -0.2) is 17.5 Å². The summed E-state index contributed by atoms with van der Waals surface area (Å²) in [7, 11) is 0. The van der Waals surface area contributed by atoms with E-state index in [0.29, 0.717) is 13.0 Å². The second-order valence-corrected chi connectivity index (χ2v) is 4.73. The first kappa shape index (κ1) is 16.8. The van der Waals surface area contributed by atoms with Gasteiger partial charge in [0.15, 0.2) is 0 Å². The number of hydrogen-bond acceptors (Lipinski definition) is 3. The molecule has 0 saturated heterocycles. The Balaban J connectivity index is 2.31. The van der Waals surface area contributed by atoms with Crippen molar-refractivity contribution in [2.45, 2.75) is 19.5 Å². The molecule has 7 heteroatoms. The molecule has 1 amide bonds. The maximum absolute atomic E-state index is 12.8. The van der Waals surface area contributed by atoms with Crippen molar-refractivity contribution in [3.8, 4) is 5.75 Å². The number of rotatable bonds is 5. The molecule has 2 aromatic rings. The van der Waals surface area contributed by atoms with Gasteiger partial charge in [0.25, 0.3) is 5.91 Å². The Hall–Kier alpha value is -2.57. The van der Waals surface area contributed by atoms with Crippen LogP contribution >= 0.6 is 0 Å². The molecule has 0 radical (unpaired) electrons. The molecule has 0 atom stereocenters. The maximum atomic E-state index is 12.8. The van der Waals surface area contributed by atoms with Gasteiger partial charge in [-0.3, -0.25) is 9.78 Å². The molecule has 0 unspecified atom stereocenters. The van der Waals surface area contributed by atoms with Gasteiger partial charge in [0, 0.05) is 6.20 Å². The minimum atomic E-state index is -4.51. The van der Waals surface area contributed by atoms with Gasteiger partial charge in [-0.05, 0) is 36.8 Å². The third-order valence-electron chi connectivity index (χ3n) is 2.91. The van der Waals surface area contributed by atoms with E-state index >= 15 is 0 Å². The van der Waals surface area contributed by atoms with Crippen LogP contribution in [0.15, 0.2) is 42.6 Å². The highest BCUT2D eigenvalue weighted by Crippen LogP contribution is 2.35. The molecular weight excluding hydrogens is 309 g/mol. The van der Waals surface area contributed by atoms with Gasteiger partial charge in [-0.25, -0.2) is 0 Å². The Morgan fingerprint density at radius 1 is 1.26 bits per heavy atom. The van der Waals surface area contributed by atoms with Crippen molar-refractivity contribution < 1.29 is 22.7 Å². The quantitative estimate of drug-likeness (QED) is 0.899. The van der Waals surface area contributed by atoms with E-state index in [9.17, 15) is 18.0 Å². The number of amides is 1. The van der Waals surface area contributed by atoms with Gasteiger partial charge < -0.3 is 10.1 Å². The molecule has 0 aliphatic carbocycles. The summed E-state index contributed by atoms with van der Waals surface area (Å²) in [5.41, 5.74) is -0.798. The number of ether oxygens (including phenoxy) is 1. The van der Waals surface area contributed by atoms with E-state index in [2.05, 4.69) is 10.3 Å². The monoisotopic (exact) mass is 324 g/mol. The Kier molecular flexibility index (Phi) is 5.20. The number of benzene rings is 1. The van der Waals surface area contributed by atoms with E-state index in [1.165, 1.54) is 18.3 Å². The number of pyridine rings is 1. The largest absolute Gasteiger partial charge is 0.491 e. The molecule has 0 bridgehead atoms. The van der Waals surface area contributed by atoms with Gasteiger partial charge in [-0.2, -0.15) is 13.2 Å². The van der Waals surface area contributed by atoms with Crippen LogP contribution in [0, 0.1) is 0 Å². The fraction of sp³-hybridized carbons (Fsp3) is 0.250. The lowest BCUT2D eigenvalue weighted by atomic mass is 10.1. The van der Waals surface area contributed by atoms with Crippen LogP contribution in [-0.2, 0) is 6.18 Å². The van der Waals surface area contributed by atoms with Crippen molar-refractivity contribution in [1.82, 2.24) is 4.98 Å². The minimum absolute atomic E-state index is 0.0380. The van der Waals surface area contributed by atoms with Gasteiger partial charge in [0.05, 0.1) is 17.9 Å². The Morgan fingerprint density at radius 2 is 2.04 bits per heavy atom. The summed E-state index contributed by atoms with van der Waals surface area (Å²) in [4.78, 5) is 16.0. The van der Waals surface area contributed by atoms with Crippen LogP contribution in [0.2, 0.25) is 0 Å². The smallest absolute Gasteiger partial charge is 0.416 e. The van der Waals surface area contributed by atoms with Crippen LogP contribution in [0.5, 0.6) is 5.75 Å². The first-order valence-electron chi connectivity index (χ1n) is 6.98. The minimum Gasteiger partial charge on any atom is -0.491 e. The fourth-order valence-electron chi connectivity index (χ4n) is 1.83. The van der Waals surface area contributed by atoms with Gasteiger partial charge >= 0.3 is 6.18 Å². The summed E-state index contributed by atoms with van der Waals surface area (Å²) in [6.45, 7) is 2.20. The summed E-state index contributed by atoms with van der Waals surface area (Å²) in [5.74, 6) is -0.421. The topological polar surface area (TPSA) is 51.2 Å². The van der Waals surface area contributed by atoms with Gasteiger partial charge in [0.1, 0.15) is 11.4 Å². The number of hydrogen-bond donors (Lipinski definition) is 1. The molecule has 122 valence electrons. The lowest BCUT2D eigenvalue weighted by Crippen LogP contribution is -2.15. The number of carbonyl (C=O) groups excluding carboxylic acids is 1.